The summed E-state index contributed by atoms with van der Waals surface area (Å²) in [5.74, 6) is -1.03. The lowest BCUT2D eigenvalue weighted by atomic mass is 10.2. The van der Waals surface area contributed by atoms with Crippen LogP contribution in [-0.2, 0) is 0 Å². The van der Waals surface area contributed by atoms with E-state index in [9.17, 15) is 4.79 Å². The molecule has 2 rings (SSSR count). The first-order valence-corrected chi connectivity index (χ1v) is 6.53. The van der Waals surface area contributed by atoms with Gasteiger partial charge in [0.15, 0.2) is 0 Å². The Morgan fingerprint density at radius 3 is 2.65 bits per heavy atom. The minimum Gasteiger partial charge on any atom is -0.478 e. The van der Waals surface area contributed by atoms with E-state index >= 15 is 0 Å². The molecule has 0 spiro atoms. The van der Waals surface area contributed by atoms with Crippen LogP contribution < -0.4 is 5.32 Å². The van der Waals surface area contributed by atoms with Crippen molar-refractivity contribution in [3.63, 3.8) is 0 Å². The number of rotatable bonds is 5. The van der Waals surface area contributed by atoms with E-state index in [1.165, 1.54) is 6.07 Å². The van der Waals surface area contributed by atoms with Gasteiger partial charge in [0, 0.05) is 12.2 Å². The SMILES string of the molecule is O=C(O)c1cc(NC/C=C/c2ccccc2)ccc1Cl. The first-order valence-electron chi connectivity index (χ1n) is 6.15. The summed E-state index contributed by atoms with van der Waals surface area (Å²) >= 11 is 5.81. The highest BCUT2D eigenvalue weighted by Gasteiger charge is 2.08. The standard InChI is InChI=1S/C16H14ClNO2/c17-15-9-8-13(11-14(15)16(19)20)18-10-4-7-12-5-2-1-3-6-12/h1-9,11,18H,10H2,(H,19,20)/b7-4+. The maximum absolute atomic E-state index is 11.0. The number of halogens is 1. The zero-order chi connectivity index (χ0) is 14.4. The Bertz CT molecular complexity index is 624. The summed E-state index contributed by atoms with van der Waals surface area (Å²) in [5, 5.41) is 12.4. The van der Waals surface area contributed by atoms with Gasteiger partial charge in [0.2, 0.25) is 0 Å². The van der Waals surface area contributed by atoms with Crippen molar-refractivity contribution in [3.05, 3.63) is 70.8 Å². The lowest BCUT2D eigenvalue weighted by Crippen LogP contribution is -2.02. The molecule has 4 heteroatoms. The molecule has 0 bridgehead atoms. The van der Waals surface area contributed by atoms with E-state index in [1.54, 1.807) is 12.1 Å². The highest BCUT2D eigenvalue weighted by atomic mass is 35.5. The van der Waals surface area contributed by atoms with Gasteiger partial charge in [0.05, 0.1) is 10.6 Å². The lowest BCUT2D eigenvalue weighted by molar-refractivity contribution is 0.0697. The van der Waals surface area contributed by atoms with Crippen molar-refractivity contribution >= 4 is 29.3 Å². The molecule has 102 valence electrons. The summed E-state index contributed by atoms with van der Waals surface area (Å²) in [5.41, 5.74) is 1.95. The quantitative estimate of drug-likeness (QED) is 0.868. The van der Waals surface area contributed by atoms with E-state index < -0.39 is 5.97 Å². The summed E-state index contributed by atoms with van der Waals surface area (Å²) in [6, 6.07) is 14.8. The van der Waals surface area contributed by atoms with E-state index in [2.05, 4.69) is 5.32 Å². The van der Waals surface area contributed by atoms with Gasteiger partial charge in [0.1, 0.15) is 0 Å². The molecule has 0 heterocycles. The Morgan fingerprint density at radius 2 is 1.95 bits per heavy atom. The molecule has 0 amide bonds. The van der Waals surface area contributed by atoms with Gasteiger partial charge in [-0.15, -0.1) is 0 Å². The van der Waals surface area contributed by atoms with Crippen molar-refractivity contribution in [1.29, 1.82) is 0 Å². The van der Waals surface area contributed by atoms with Crippen LogP contribution in [0, 0.1) is 0 Å². The number of carboxylic acids is 1. The van der Waals surface area contributed by atoms with Crippen molar-refractivity contribution in [2.45, 2.75) is 0 Å². The van der Waals surface area contributed by atoms with Crippen molar-refractivity contribution in [1.82, 2.24) is 0 Å². The number of hydrogen-bond donors (Lipinski definition) is 2. The molecule has 2 N–H and O–H groups in total. The van der Waals surface area contributed by atoms with Crippen LogP contribution in [0.3, 0.4) is 0 Å². The zero-order valence-electron chi connectivity index (χ0n) is 10.7. The summed E-state index contributed by atoms with van der Waals surface area (Å²) in [6.07, 6.45) is 3.98. The smallest absolute Gasteiger partial charge is 0.337 e. The third kappa shape index (κ3) is 3.87. The van der Waals surface area contributed by atoms with Gasteiger partial charge in [-0.25, -0.2) is 4.79 Å². The molecule has 2 aromatic rings. The molecule has 3 nitrogen and oxygen atoms in total. The average molecular weight is 288 g/mol. The molecule has 0 aliphatic heterocycles. The van der Waals surface area contributed by atoms with E-state index in [0.717, 1.165) is 11.3 Å². The van der Waals surface area contributed by atoms with Crippen LogP contribution in [0.15, 0.2) is 54.6 Å². The predicted octanol–water partition coefficient (Wildman–Crippen LogP) is 4.16. The molecule has 0 saturated carbocycles. The summed E-state index contributed by atoms with van der Waals surface area (Å²) in [6.45, 7) is 0.607. The van der Waals surface area contributed by atoms with Crippen LogP contribution in [-0.4, -0.2) is 17.6 Å². The van der Waals surface area contributed by atoms with Gasteiger partial charge < -0.3 is 10.4 Å². The van der Waals surface area contributed by atoms with Crippen LogP contribution in [0.2, 0.25) is 5.02 Å². The van der Waals surface area contributed by atoms with Crippen molar-refractivity contribution in [2.75, 3.05) is 11.9 Å². The Kier molecular flexibility index (Phi) is 4.80. The molecule has 0 saturated heterocycles. The minimum atomic E-state index is -1.03. The second-order valence-corrected chi connectivity index (χ2v) is 4.60. The predicted molar refractivity (Wildman–Crippen MR) is 82.4 cm³/mol. The third-order valence-electron chi connectivity index (χ3n) is 2.73. The maximum atomic E-state index is 11.0. The number of benzene rings is 2. The number of aromatic carboxylic acids is 1. The van der Waals surface area contributed by atoms with E-state index in [4.69, 9.17) is 16.7 Å². The molecular formula is C16H14ClNO2. The largest absolute Gasteiger partial charge is 0.478 e. The number of hydrogen-bond acceptors (Lipinski definition) is 2. The summed E-state index contributed by atoms with van der Waals surface area (Å²) in [4.78, 5) is 11.0. The Hall–Kier alpha value is -2.26. The van der Waals surface area contributed by atoms with Crippen LogP contribution >= 0.6 is 11.6 Å². The van der Waals surface area contributed by atoms with Gasteiger partial charge in [-0.3, -0.25) is 0 Å². The summed E-state index contributed by atoms with van der Waals surface area (Å²) in [7, 11) is 0. The number of nitrogens with one attached hydrogen (secondary N) is 1. The highest BCUT2D eigenvalue weighted by Crippen LogP contribution is 2.20. The molecule has 0 aliphatic rings. The van der Waals surface area contributed by atoms with Crippen molar-refractivity contribution < 1.29 is 9.90 Å². The molecular weight excluding hydrogens is 274 g/mol. The topological polar surface area (TPSA) is 49.3 Å². The number of carboxylic acid groups (broad SMARTS) is 1. The van der Waals surface area contributed by atoms with E-state index in [0.29, 0.717) is 6.54 Å². The highest BCUT2D eigenvalue weighted by molar-refractivity contribution is 6.33. The zero-order valence-corrected chi connectivity index (χ0v) is 11.5. The second-order valence-electron chi connectivity index (χ2n) is 4.19. The normalized spacial score (nSPS) is 10.7. The molecule has 0 unspecified atom stereocenters. The van der Waals surface area contributed by atoms with Gasteiger partial charge in [-0.2, -0.15) is 0 Å². The first-order chi connectivity index (χ1) is 9.66. The van der Waals surface area contributed by atoms with E-state index in [-0.39, 0.29) is 10.6 Å². The minimum absolute atomic E-state index is 0.101. The van der Waals surface area contributed by atoms with Crippen molar-refractivity contribution in [2.24, 2.45) is 0 Å². The van der Waals surface area contributed by atoms with E-state index in [1.807, 2.05) is 42.5 Å². The molecule has 20 heavy (non-hydrogen) atoms. The van der Waals surface area contributed by atoms with Crippen LogP contribution in [0.5, 0.6) is 0 Å². The lowest BCUT2D eigenvalue weighted by Gasteiger charge is -2.05. The Morgan fingerprint density at radius 1 is 1.20 bits per heavy atom. The molecule has 0 radical (unpaired) electrons. The molecule has 0 aliphatic carbocycles. The molecule has 0 aromatic heterocycles. The average Bonchev–Trinajstić information content (AvgIpc) is 2.46. The number of carbonyl (C=O) groups is 1. The van der Waals surface area contributed by atoms with Gasteiger partial charge in [-0.1, -0.05) is 54.1 Å². The fraction of sp³-hybridized carbons (Fsp3) is 0.0625. The van der Waals surface area contributed by atoms with Gasteiger partial charge in [-0.05, 0) is 23.8 Å². The van der Waals surface area contributed by atoms with Crippen LogP contribution in [0.1, 0.15) is 15.9 Å². The Labute approximate surface area is 122 Å². The first kappa shape index (κ1) is 14.2. The summed E-state index contributed by atoms with van der Waals surface area (Å²) < 4.78 is 0. The van der Waals surface area contributed by atoms with Crippen LogP contribution in [0.25, 0.3) is 6.08 Å². The molecule has 2 aromatic carbocycles. The third-order valence-corrected chi connectivity index (χ3v) is 3.06. The fourth-order valence-corrected chi connectivity index (χ4v) is 1.93. The van der Waals surface area contributed by atoms with Crippen molar-refractivity contribution in [3.8, 4) is 0 Å². The fourth-order valence-electron chi connectivity index (χ4n) is 1.74. The number of anilines is 1. The van der Waals surface area contributed by atoms with Gasteiger partial charge >= 0.3 is 5.97 Å². The molecule has 0 fully saturated rings. The molecule has 0 atom stereocenters. The maximum Gasteiger partial charge on any atom is 0.337 e. The van der Waals surface area contributed by atoms with Crippen LogP contribution in [0.4, 0.5) is 5.69 Å². The Balaban J connectivity index is 1.96. The second kappa shape index (κ2) is 6.78. The van der Waals surface area contributed by atoms with Gasteiger partial charge in [0.25, 0.3) is 0 Å². The monoisotopic (exact) mass is 287 g/mol.